The van der Waals surface area contributed by atoms with Crippen molar-refractivity contribution in [1.82, 2.24) is 9.80 Å². The molecule has 0 spiro atoms. The van der Waals surface area contributed by atoms with Gasteiger partial charge in [0.25, 0.3) is 0 Å². The lowest BCUT2D eigenvalue weighted by atomic mass is 9.86. The summed E-state index contributed by atoms with van der Waals surface area (Å²) in [6.07, 6.45) is 10.2. The first-order valence-corrected chi connectivity index (χ1v) is 11.3. The number of benzene rings is 1. The summed E-state index contributed by atoms with van der Waals surface area (Å²) in [5, 5.41) is 13.7. The van der Waals surface area contributed by atoms with Crippen LogP contribution in [0.15, 0.2) is 29.3 Å². The first-order chi connectivity index (χ1) is 13.7. The minimum absolute atomic E-state index is 0.291. The third-order valence-electron chi connectivity index (χ3n) is 6.93. The van der Waals surface area contributed by atoms with Crippen molar-refractivity contribution in [3.05, 3.63) is 24.3 Å². The van der Waals surface area contributed by atoms with Crippen molar-refractivity contribution in [3.63, 3.8) is 0 Å². The number of piperidine rings is 1. The summed E-state index contributed by atoms with van der Waals surface area (Å²) in [7, 11) is 0. The van der Waals surface area contributed by atoms with Gasteiger partial charge in [-0.2, -0.15) is 0 Å². The van der Waals surface area contributed by atoms with Gasteiger partial charge in [0.05, 0.1) is 11.7 Å². The van der Waals surface area contributed by atoms with Crippen molar-refractivity contribution in [3.8, 4) is 5.75 Å². The minimum atomic E-state index is 0.291. The van der Waals surface area contributed by atoms with Gasteiger partial charge in [-0.25, -0.2) is 4.99 Å². The number of anilines is 1. The Morgan fingerprint density at radius 1 is 0.964 bits per heavy atom. The molecule has 154 valence electrons. The Labute approximate surface area is 169 Å². The number of aromatic hydroxyl groups is 1. The van der Waals surface area contributed by atoms with Gasteiger partial charge in [0.2, 0.25) is 0 Å². The van der Waals surface area contributed by atoms with Crippen LogP contribution in [-0.4, -0.2) is 59.1 Å². The largest absolute Gasteiger partial charge is 0.506 e. The van der Waals surface area contributed by atoms with E-state index in [1.165, 1.54) is 64.5 Å². The number of aliphatic imine (C=N–C) groups is 1. The Hall–Kier alpha value is -1.75. The number of likely N-dealkylation sites (tertiary alicyclic amines) is 2. The predicted molar refractivity (Wildman–Crippen MR) is 116 cm³/mol. The van der Waals surface area contributed by atoms with E-state index in [9.17, 15) is 5.11 Å². The molecule has 1 aromatic carbocycles. The van der Waals surface area contributed by atoms with Gasteiger partial charge in [-0.15, -0.1) is 0 Å². The molecule has 2 aliphatic heterocycles. The minimum Gasteiger partial charge on any atom is -0.506 e. The van der Waals surface area contributed by atoms with Gasteiger partial charge < -0.3 is 20.2 Å². The van der Waals surface area contributed by atoms with E-state index < -0.39 is 0 Å². The van der Waals surface area contributed by atoms with Crippen LogP contribution in [0.5, 0.6) is 5.75 Å². The number of hydrogen-bond acceptors (Lipinski definition) is 3. The zero-order valence-electron chi connectivity index (χ0n) is 17.3. The lowest BCUT2D eigenvalue weighted by molar-refractivity contribution is 0.162. The van der Waals surface area contributed by atoms with Crippen LogP contribution in [0.2, 0.25) is 0 Å². The number of phenols is 1. The van der Waals surface area contributed by atoms with E-state index in [2.05, 4.69) is 22.0 Å². The van der Waals surface area contributed by atoms with Gasteiger partial charge in [-0.1, -0.05) is 31.9 Å². The number of phenolic OH excluding ortho intramolecular Hbond substituents is 1. The molecule has 1 aliphatic carbocycles. The first-order valence-electron chi connectivity index (χ1n) is 11.3. The summed E-state index contributed by atoms with van der Waals surface area (Å²) in [4.78, 5) is 10.3. The summed E-state index contributed by atoms with van der Waals surface area (Å²) >= 11 is 0. The van der Waals surface area contributed by atoms with Crippen molar-refractivity contribution >= 4 is 11.6 Å². The van der Waals surface area contributed by atoms with E-state index >= 15 is 0 Å². The molecule has 3 aliphatic rings. The maximum atomic E-state index is 10.3. The molecule has 5 nitrogen and oxygen atoms in total. The molecule has 0 amide bonds. The Morgan fingerprint density at radius 3 is 2.39 bits per heavy atom. The lowest BCUT2D eigenvalue weighted by Gasteiger charge is -2.39. The fraction of sp³-hybridized carbons (Fsp3) is 0.696. The quantitative estimate of drug-likeness (QED) is 0.463. The van der Waals surface area contributed by atoms with Gasteiger partial charge in [0, 0.05) is 19.1 Å². The summed E-state index contributed by atoms with van der Waals surface area (Å²) in [5.41, 5.74) is 0.756. The number of guanidine groups is 1. The van der Waals surface area contributed by atoms with Crippen LogP contribution in [-0.2, 0) is 0 Å². The molecule has 2 atom stereocenters. The molecule has 0 bridgehead atoms. The highest BCUT2D eigenvalue weighted by Gasteiger charge is 2.29. The number of hydrogen-bond donors (Lipinski definition) is 2. The molecule has 0 aromatic heterocycles. The Kier molecular flexibility index (Phi) is 6.40. The molecule has 2 saturated heterocycles. The Bertz CT molecular complexity index is 662. The van der Waals surface area contributed by atoms with Crippen LogP contribution < -0.4 is 5.32 Å². The summed E-state index contributed by atoms with van der Waals surface area (Å²) in [6.45, 7) is 6.98. The van der Waals surface area contributed by atoms with Gasteiger partial charge in [0.1, 0.15) is 5.75 Å². The standard InChI is InChI=1S/C23H36N4O/c1-18-8-2-3-9-20(18)24-23(25-21-10-4-5-11-22(21)28)27-16-12-19(13-17-27)26-14-6-7-15-26/h4-5,10-11,18-20,28H,2-3,6-9,12-17H2,1H3,(H,24,25). The monoisotopic (exact) mass is 384 g/mol. The zero-order valence-corrected chi connectivity index (χ0v) is 17.3. The second-order valence-corrected chi connectivity index (χ2v) is 8.89. The van der Waals surface area contributed by atoms with Crippen LogP contribution in [0.4, 0.5) is 5.69 Å². The Morgan fingerprint density at radius 2 is 1.68 bits per heavy atom. The van der Waals surface area contributed by atoms with E-state index in [4.69, 9.17) is 4.99 Å². The van der Waals surface area contributed by atoms with E-state index in [0.717, 1.165) is 30.8 Å². The van der Waals surface area contributed by atoms with Crippen LogP contribution >= 0.6 is 0 Å². The molecule has 1 aromatic rings. The van der Waals surface area contributed by atoms with Crippen molar-refractivity contribution in [1.29, 1.82) is 0 Å². The van der Waals surface area contributed by atoms with Crippen molar-refractivity contribution in [2.24, 2.45) is 10.9 Å². The van der Waals surface area contributed by atoms with Crippen molar-refractivity contribution in [2.75, 3.05) is 31.5 Å². The van der Waals surface area contributed by atoms with Crippen LogP contribution in [0.25, 0.3) is 0 Å². The lowest BCUT2D eigenvalue weighted by Crippen LogP contribution is -2.48. The molecule has 1 saturated carbocycles. The van der Waals surface area contributed by atoms with Gasteiger partial charge in [-0.3, -0.25) is 0 Å². The van der Waals surface area contributed by atoms with Gasteiger partial charge in [0.15, 0.2) is 5.96 Å². The molecule has 0 radical (unpaired) electrons. The fourth-order valence-electron chi connectivity index (χ4n) is 5.09. The second kappa shape index (κ2) is 9.17. The topological polar surface area (TPSA) is 51.1 Å². The third kappa shape index (κ3) is 4.62. The molecular formula is C23H36N4O. The zero-order chi connectivity index (χ0) is 19.3. The fourth-order valence-corrected chi connectivity index (χ4v) is 5.09. The highest BCUT2D eigenvalue weighted by molar-refractivity contribution is 5.95. The molecule has 2 heterocycles. The maximum Gasteiger partial charge on any atom is 0.198 e. The van der Waals surface area contributed by atoms with E-state index in [1.807, 2.05) is 18.2 Å². The molecular weight excluding hydrogens is 348 g/mol. The summed E-state index contributed by atoms with van der Waals surface area (Å²) < 4.78 is 0. The van der Waals surface area contributed by atoms with Crippen LogP contribution in [0, 0.1) is 5.92 Å². The molecule has 4 rings (SSSR count). The van der Waals surface area contributed by atoms with Crippen LogP contribution in [0.1, 0.15) is 58.3 Å². The average molecular weight is 385 g/mol. The van der Waals surface area contributed by atoms with Crippen molar-refractivity contribution < 1.29 is 5.11 Å². The normalized spacial score (nSPS) is 27.9. The van der Waals surface area contributed by atoms with Gasteiger partial charge in [-0.05, 0) is 69.7 Å². The molecule has 2 unspecified atom stereocenters. The first kappa shape index (κ1) is 19.6. The Balaban J connectivity index is 1.48. The predicted octanol–water partition coefficient (Wildman–Crippen LogP) is 4.30. The smallest absolute Gasteiger partial charge is 0.198 e. The number of rotatable bonds is 3. The number of para-hydroxylation sites is 2. The molecule has 2 N–H and O–H groups in total. The van der Waals surface area contributed by atoms with E-state index in [0.29, 0.717) is 17.7 Å². The number of nitrogens with one attached hydrogen (secondary N) is 1. The average Bonchev–Trinajstić information content (AvgIpc) is 3.26. The van der Waals surface area contributed by atoms with Crippen molar-refractivity contribution in [2.45, 2.75) is 70.4 Å². The molecule has 5 heteroatoms. The molecule has 28 heavy (non-hydrogen) atoms. The number of nitrogens with zero attached hydrogens (tertiary/aromatic N) is 3. The highest BCUT2D eigenvalue weighted by atomic mass is 16.3. The summed E-state index contributed by atoms with van der Waals surface area (Å²) in [5.74, 6) is 1.89. The summed E-state index contributed by atoms with van der Waals surface area (Å²) in [6, 6.07) is 8.62. The third-order valence-corrected chi connectivity index (χ3v) is 6.93. The van der Waals surface area contributed by atoms with E-state index in [1.54, 1.807) is 6.07 Å². The molecule has 3 fully saturated rings. The van der Waals surface area contributed by atoms with E-state index in [-0.39, 0.29) is 0 Å². The highest BCUT2D eigenvalue weighted by Crippen LogP contribution is 2.29. The van der Waals surface area contributed by atoms with Gasteiger partial charge >= 0.3 is 0 Å². The maximum absolute atomic E-state index is 10.3. The second-order valence-electron chi connectivity index (χ2n) is 8.89. The SMILES string of the molecule is CC1CCCCC1N=C(Nc1ccccc1O)N1CCC(N2CCCC2)CC1. The van der Waals surface area contributed by atoms with Crippen LogP contribution in [0.3, 0.4) is 0 Å².